The van der Waals surface area contributed by atoms with Crippen molar-refractivity contribution >= 4 is 15.9 Å². The second kappa shape index (κ2) is 6.04. The third-order valence-corrected chi connectivity index (χ3v) is 5.00. The maximum atomic E-state index is 6.20. The number of rotatable bonds is 4. The quantitative estimate of drug-likeness (QED) is 0.908. The van der Waals surface area contributed by atoms with Crippen LogP contribution in [0.25, 0.3) is 0 Å². The number of benzene rings is 1. The average Bonchev–Trinajstić information content (AvgIpc) is 2.41. The summed E-state index contributed by atoms with van der Waals surface area (Å²) in [6, 6.07) is 6.32. The standard InChI is InChI=1S/C16H22BrNO2/c1-18-11-12-3-4-15(14(17)9-12)20-13-5-8-19-16(10-13)6-2-7-16/h3-4,9,13,18H,2,5-8,10-11H2,1H3. The van der Waals surface area contributed by atoms with Crippen LogP contribution in [-0.4, -0.2) is 25.4 Å². The Morgan fingerprint density at radius 3 is 2.95 bits per heavy atom. The lowest BCUT2D eigenvalue weighted by Gasteiger charge is -2.46. The molecule has 1 spiro atoms. The fourth-order valence-electron chi connectivity index (χ4n) is 3.14. The Labute approximate surface area is 129 Å². The summed E-state index contributed by atoms with van der Waals surface area (Å²) in [4.78, 5) is 0. The normalized spacial score (nSPS) is 24.4. The monoisotopic (exact) mass is 339 g/mol. The molecule has 1 aromatic carbocycles. The van der Waals surface area contributed by atoms with Crippen molar-refractivity contribution in [2.24, 2.45) is 0 Å². The van der Waals surface area contributed by atoms with Crippen molar-refractivity contribution in [3.05, 3.63) is 28.2 Å². The van der Waals surface area contributed by atoms with Gasteiger partial charge in [0.25, 0.3) is 0 Å². The van der Waals surface area contributed by atoms with Crippen molar-refractivity contribution < 1.29 is 9.47 Å². The van der Waals surface area contributed by atoms with E-state index in [2.05, 4.69) is 39.4 Å². The molecule has 0 radical (unpaired) electrons. The van der Waals surface area contributed by atoms with Gasteiger partial charge in [0.05, 0.1) is 16.7 Å². The van der Waals surface area contributed by atoms with E-state index in [9.17, 15) is 0 Å². The van der Waals surface area contributed by atoms with E-state index in [0.29, 0.717) is 0 Å². The van der Waals surface area contributed by atoms with Crippen LogP contribution >= 0.6 is 15.9 Å². The van der Waals surface area contributed by atoms with Crippen LogP contribution in [0.2, 0.25) is 0 Å². The molecule has 1 unspecified atom stereocenters. The van der Waals surface area contributed by atoms with Gasteiger partial charge in [-0.25, -0.2) is 0 Å². The topological polar surface area (TPSA) is 30.5 Å². The molecule has 1 saturated carbocycles. The zero-order chi connectivity index (χ0) is 14.0. The van der Waals surface area contributed by atoms with Crippen LogP contribution < -0.4 is 10.1 Å². The van der Waals surface area contributed by atoms with Gasteiger partial charge in [-0.2, -0.15) is 0 Å². The molecular weight excluding hydrogens is 318 g/mol. The van der Waals surface area contributed by atoms with Crippen LogP contribution in [0.5, 0.6) is 5.75 Å². The molecule has 2 fully saturated rings. The Morgan fingerprint density at radius 2 is 2.30 bits per heavy atom. The van der Waals surface area contributed by atoms with Gasteiger partial charge in [-0.1, -0.05) is 6.07 Å². The van der Waals surface area contributed by atoms with E-state index in [1.165, 1.54) is 24.8 Å². The van der Waals surface area contributed by atoms with Crippen LogP contribution in [0.15, 0.2) is 22.7 Å². The molecule has 0 aromatic heterocycles. The molecule has 4 heteroatoms. The van der Waals surface area contributed by atoms with Gasteiger partial charge in [0, 0.05) is 19.4 Å². The van der Waals surface area contributed by atoms with Gasteiger partial charge in [-0.05, 0) is 59.9 Å². The molecule has 1 aliphatic carbocycles. The highest BCUT2D eigenvalue weighted by Crippen LogP contribution is 2.43. The van der Waals surface area contributed by atoms with E-state index in [-0.39, 0.29) is 11.7 Å². The minimum Gasteiger partial charge on any atom is -0.489 e. The smallest absolute Gasteiger partial charge is 0.133 e. The van der Waals surface area contributed by atoms with Gasteiger partial charge in [0.15, 0.2) is 0 Å². The molecule has 1 aliphatic heterocycles. The van der Waals surface area contributed by atoms with Gasteiger partial charge in [0.2, 0.25) is 0 Å². The van der Waals surface area contributed by atoms with Gasteiger partial charge in [-0.3, -0.25) is 0 Å². The Kier molecular flexibility index (Phi) is 4.34. The third-order valence-electron chi connectivity index (χ3n) is 4.38. The lowest BCUT2D eigenvalue weighted by molar-refractivity contribution is -0.153. The Bertz CT molecular complexity index is 474. The number of halogens is 1. The summed E-state index contributed by atoms with van der Waals surface area (Å²) in [6.45, 7) is 1.71. The highest BCUT2D eigenvalue weighted by molar-refractivity contribution is 9.10. The summed E-state index contributed by atoms with van der Waals surface area (Å²) in [5.41, 5.74) is 1.40. The zero-order valence-electron chi connectivity index (χ0n) is 12.0. The summed E-state index contributed by atoms with van der Waals surface area (Å²) >= 11 is 3.62. The predicted octanol–water partition coefficient (Wildman–Crippen LogP) is 3.65. The van der Waals surface area contributed by atoms with E-state index in [1.807, 2.05) is 7.05 Å². The second-order valence-electron chi connectivity index (χ2n) is 5.91. The van der Waals surface area contributed by atoms with Crippen LogP contribution in [0.3, 0.4) is 0 Å². The molecule has 3 rings (SSSR count). The van der Waals surface area contributed by atoms with Gasteiger partial charge < -0.3 is 14.8 Å². The molecule has 3 nitrogen and oxygen atoms in total. The first-order chi connectivity index (χ1) is 9.71. The summed E-state index contributed by atoms with van der Waals surface area (Å²) in [6.07, 6.45) is 6.03. The zero-order valence-corrected chi connectivity index (χ0v) is 13.5. The van der Waals surface area contributed by atoms with Gasteiger partial charge >= 0.3 is 0 Å². The predicted molar refractivity (Wildman–Crippen MR) is 83.1 cm³/mol. The molecule has 110 valence electrons. The van der Waals surface area contributed by atoms with E-state index in [0.717, 1.165) is 36.2 Å². The van der Waals surface area contributed by atoms with E-state index < -0.39 is 0 Å². The molecule has 1 aromatic rings. The van der Waals surface area contributed by atoms with E-state index in [4.69, 9.17) is 9.47 Å². The van der Waals surface area contributed by atoms with Crippen LogP contribution in [0.4, 0.5) is 0 Å². The summed E-state index contributed by atoms with van der Waals surface area (Å²) in [7, 11) is 1.96. The summed E-state index contributed by atoms with van der Waals surface area (Å²) in [5.74, 6) is 0.950. The second-order valence-corrected chi connectivity index (χ2v) is 6.77. The fourth-order valence-corrected chi connectivity index (χ4v) is 3.66. The maximum absolute atomic E-state index is 6.20. The largest absolute Gasteiger partial charge is 0.489 e. The van der Waals surface area contributed by atoms with Crippen molar-refractivity contribution in [2.75, 3.05) is 13.7 Å². The fraction of sp³-hybridized carbons (Fsp3) is 0.625. The van der Waals surface area contributed by atoms with E-state index in [1.54, 1.807) is 0 Å². The summed E-state index contributed by atoms with van der Waals surface area (Å²) < 4.78 is 13.2. The first kappa shape index (κ1) is 14.4. The lowest BCUT2D eigenvalue weighted by Crippen LogP contribution is -2.48. The van der Waals surface area contributed by atoms with Crippen molar-refractivity contribution in [3.63, 3.8) is 0 Å². The molecular formula is C16H22BrNO2. The number of hydrogen-bond acceptors (Lipinski definition) is 3. The molecule has 2 aliphatic rings. The highest BCUT2D eigenvalue weighted by atomic mass is 79.9. The molecule has 0 amide bonds. The van der Waals surface area contributed by atoms with Gasteiger partial charge in [-0.15, -0.1) is 0 Å². The van der Waals surface area contributed by atoms with Crippen LogP contribution in [0, 0.1) is 0 Å². The van der Waals surface area contributed by atoms with Crippen molar-refractivity contribution in [3.8, 4) is 5.75 Å². The number of hydrogen-bond donors (Lipinski definition) is 1. The van der Waals surface area contributed by atoms with Crippen molar-refractivity contribution in [1.29, 1.82) is 0 Å². The number of nitrogens with one attached hydrogen (secondary N) is 1. The SMILES string of the molecule is CNCc1ccc(OC2CCOC3(CCC3)C2)c(Br)c1. The Morgan fingerprint density at radius 1 is 1.45 bits per heavy atom. The molecule has 0 bridgehead atoms. The minimum atomic E-state index is 0.140. The third kappa shape index (κ3) is 3.02. The first-order valence-electron chi connectivity index (χ1n) is 7.44. The minimum absolute atomic E-state index is 0.140. The molecule has 1 saturated heterocycles. The van der Waals surface area contributed by atoms with Crippen molar-refractivity contribution in [1.82, 2.24) is 5.32 Å². The van der Waals surface area contributed by atoms with Gasteiger partial charge in [0.1, 0.15) is 11.9 Å². The molecule has 1 heterocycles. The van der Waals surface area contributed by atoms with Crippen LogP contribution in [0.1, 0.15) is 37.7 Å². The average molecular weight is 340 g/mol. The van der Waals surface area contributed by atoms with Crippen LogP contribution in [-0.2, 0) is 11.3 Å². The molecule has 1 atom stereocenters. The first-order valence-corrected chi connectivity index (χ1v) is 8.24. The number of ether oxygens (including phenoxy) is 2. The lowest BCUT2D eigenvalue weighted by atomic mass is 9.74. The Balaban J connectivity index is 1.65. The molecule has 1 N–H and O–H groups in total. The van der Waals surface area contributed by atoms with E-state index >= 15 is 0 Å². The highest BCUT2D eigenvalue weighted by Gasteiger charge is 2.43. The maximum Gasteiger partial charge on any atom is 0.133 e. The van der Waals surface area contributed by atoms with Crippen molar-refractivity contribution in [2.45, 2.75) is 50.4 Å². The summed E-state index contributed by atoms with van der Waals surface area (Å²) in [5, 5.41) is 3.16. The molecule has 20 heavy (non-hydrogen) atoms. The Hall–Kier alpha value is -0.580.